The van der Waals surface area contributed by atoms with E-state index in [2.05, 4.69) is 20.8 Å². The van der Waals surface area contributed by atoms with E-state index in [4.69, 9.17) is 14.0 Å². The van der Waals surface area contributed by atoms with Crippen LogP contribution in [0.25, 0.3) is 0 Å². The van der Waals surface area contributed by atoms with Gasteiger partial charge in [-0.05, 0) is 72.6 Å². The molecule has 2 aromatic rings. The minimum Gasteiger partial charge on any atom is -0.493 e. The van der Waals surface area contributed by atoms with Crippen molar-refractivity contribution in [2.45, 2.75) is 52.0 Å². The summed E-state index contributed by atoms with van der Waals surface area (Å²) in [4.78, 5) is 1.98. The summed E-state index contributed by atoms with van der Waals surface area (Å²) in [6, 6.07) is 12.6. The van der Waals surface area contributed by atoms with Crippen molar-refractivity contribution in [2.75, 3.05) is 33.2 Å². The van der Waals surface area contributed by atoms with Crippen LogP contribution in [0, 0.1) is 17.8 Å². The topological polar surface area (TPSA) is 68.2 Å². The van der Waals surface area contributed by atoms with E-state index >= 15 is 0 Å². The summed E-state index contributed by atoms with van der Waals surface area (Å²) >= 11 is 0. The Bertz CT molecular complexity index is 991. The third kappa shape index (κ3) is 5.62. The molecule has 1 fully saturated rings. The fourth-order valence-corrected chi connectivity index (χ4v) is 7.15. The minimum absolute atomic E-state index is 0.182. The number of ether oxygens (including phenoxy) is 2. The van der Waals surface area contributed by atoms with Crippen LogP contribution in [0.2, 0.25) is 0 Å². The van der Waals surface area contributed by atoms with Gasteiger partial charge in [0.05, 0.1) is 20.3 Å². The van der Waals surface area contributed by atoms with Gasteiger partial charge in [0.25, 0.3) is 7.37 Å². The highest BCUT2D eigenvalue weighted by Gasteiger charge is 2.43. The number of rotatable bonds is 9. The van der Waals surface area contributed by atoms with Crippen LogP contribution in [0.3, 0.4) is 0 Å². The second-order valence-electron chi connectivity index (χ2n) is 9.97. The summed E-state index contributed by atoms with van der Waals surface area (Å²) in [7, 11) is 3.30. The van der Waals surface area contributed by atoms with Gasteiger partial charge in [-0.3, -0.25) is 4.57 Å². The number of methoxy groups -OCH3 is 2. The summed E-state index contributed by atoms with van der Waals surface area (Å²) in [5, 5.41) is 12.1. The molecule has 0 saturated heterocycles. The second kappa shape index (κ2) is 11.2. The predicted molar refractivity (Wildman–Crippen MR) is 139 cm³/mol. The van der Waals surface area contributed by atoms with Gasteiger partial charge in [-0.25, -0.2) is 0 Å². The minimum atomic E-state index is -3.72. The standard InChI is InChI=1S/C27H40NO5P/c1-18(2)23-14-8-19(3)16-25(23)33-34(30,22-12-10-21(11-13-22)28(4)5)27(29)20-9-15-24(31-6)26(17-20)32-7/h9-13,15,17-19,23,25,27,29H,8,14,16H2,1-7H3/t19-,23+,25+,27+,34+/m0/s1. The average molecular weight is 490 g/mol. The highest BCUT2D eigenvalue weighted by Crippen LogP contribution is 2.61. The molecular formula is C27H40NO5P. The zero-order chi connectivity index (χ0) is 25.0. The summed E-state index contributed by atoms with van der Waals surface area (Å²) in [6.07, 6.45) is 2.83. The molecule has 2 aromatic carbocycles. The van der Waals surface area contributed by atoms with E-state index in [1.165, 1.54) is 0 Å². The highest BCUT2D eigenvalue weighted by atomic mass is 31.2. The molecule has 0 unspecified atom stereocenters. The molecule has 188 valence electrons. The fourth-order valence-electron chi connectivity index (χ4n) is 4.86. The average Bonchev–Trinajstić information content (AvgIpc) is 2.82. The number of hydrogen-bond acceptors (Lipinski definition) is 6. The molecule has 3 rings (SSSR count). The van der Waals surface area contributed by atoms with E-state index in [0.29, 0.717) is 40.1 Å². The van der Waals surface area contributed by atoms with Crippen LogP contribution < -0.4 is 19.7 Å². The Morgan fingerprint density at radius 1 is 1.00 bits per heavy atom. The lowest BCUT2D eigenvalue weighted by Crippen LogP contribution is -2.35. The van der Waals surface area contributed by atoms with Crippen molar-refractivity contribution in [3.8, 4) is 11.5 Å². The van der Waals surface area contributed by atoms with Gasteiger partial charge in [-0.2, -0.15) is 0 Å². The van der Waals surface area contributed by atoms with Gasteiger partial charge in [0, 0.05) is 25.1 Å². The third-order valence-electron chi connectivity index (χ3n) is 7.01. The van der Waals surface area contributed by atoms with Gasteiger partial charge < -0.3 is 24.0 Å². The Morgan fingerprint density at radius 3 is 2.21 bits per heavy atom. The van der Waals surface area contributed by atoms with Crippen LogP contribution in [-0.4, -0.2) is 39.5 Å². The van der Waals surface area contributed by atoms with E-state index in [1.54, 1.807) is 32.4 Å². The van der Waals surface area contributed by atoms with E-state index in [1.807, 2.05) is 43.3 Å². The molecule has 0 amide bonds. The summed E-state index contributed by atoms with van der Waals surface area (Å²) in [6.45, 7) is 6.60. The molecular weight excluding hydrogens is 449 g/mol. The molecule has 7 heteroatoms. The number of aliphatic hydroxyl groups excluding tert-OH is 1. The lowest BCUT2D eigenvalue weighted by Gasteiger charge is -2.40. The molecule has 34 heavy (non-hydrogen) atoms. The summed E-state index contributed by atoms with van der Waals surface area (Å²) in [5.74, 6) is 0.874. The SMILES string of the molecule is COc1ccc([C@H](O)[P@](=O)(O[C@@H]2C[C@@H](C)CC[C@@H]2C(C)C)c2ccc(N(C)C)cc2)cc1OC. The fraction of sp³-hybridized carbons (Fsp3) is 0.556. The zero-order valence-corrected chi connectivity index (χ0v) is 22.4. The van der Waals surface area contributed by atoms with Gasteiger partial charge in [-0.1, -0.05) is 33.3 Å². The molecule has 0 heterocycles. The van der Waals surface area contributed by atoms with E-state index in [0.717, 1.165) is 24.9 Å². The van der Waals surface area contributed by atoms with Gasteiger partial charge >= 0.3 is 0 Å². The largest absolute Gasteiger partial charge is 0.493 e. The van der Waals surface area contributed by atoms with Crippen LogP contribution in [-0.2, 0) is 9.09 Å². The zero-order valence-electron chi connectivity index (χ0n) is 21.5. The Balaban J connectivity index is 2.07. The van der Waals surface area contributed by atoms with Gasteiger partial charge in [0.15, 0.2) is 17.3 Å². The Labute approximate surface area is 204 Å². The molecule has 1 saturated carbocycles. The molecule has 5 atom stereocenters. The van der Waals surface area contributed by atoms with Crippen molar-refractivity contribution in [3.05, 3.63) is 48.0 Å². The van der Waals surface area contributed by atoms with Crippen LogP contribution in [0.1, 0.15) is 51.4 Å². The molecule has 0 bridgehead atoms. The molecule has 0 radical (unpaired) electrons. The summed E-state index contributed by atoms with van der Waals surface area (Å²) < 4.78 is 32.1. The first kappa shape index (κ1) is 26.6. The number of benzene rings is 2. The Kier molecular flexibility index (Phi) is 8.72. The first-order valence-corrected chi connectivity index (χ1v) is 13.8. The van der Waals surface area contributed by atoms with E-state index < -0.39 is 13.2 Å². The van der Waals surface area contributed by atoms with Gasteiger partial charge in [0.2, 0.25) is 0 Å². The normalized spacial score (nSPS) is 23.3. The molecule has 1 aliphatic rings. The number of anilines is 1. The van der Waals surface area contributed by atoms with E-state index in [9.17, 15) is 9.67 Å². The molecule has 6 nitrogen and oxygen atoms in total. The molecule has 1 aliphatic carbocycles. The lowest BCUT2D eigenvalue weighted by atomic mass is 9.75. The number of nitrogens with zero attached hydrogens (tertiary/aromatic N) is 1. The van der Waals surface area contributed by atoms with Crippen molar-refractivity contribution in [2.24, 2.45) is 17.8 Å². The van der Waals surface area contributed by atoms with Crippen molar-refractivity contribution in [1.29, 1.82) is 0 Å². The molecule has 1 N–H and O–H groups in total. The lowest BCUT2D eigenvalue weighted by molar-refractivity contribution is 0.0427. The van der Waals surface area contributed by atoms with Crippen LogP contribution in [0.4, 0.5) is 5.69 Å². The first-order valence-electron chi connectivity index (χ1n) is 12.1. The monoisotopic (exact) mass is 489 g/mol. The maximum atomic E-state index is 14.7. The number of aliphatic hydroxyl groups is 1. The van der Waals surface area contributed by atoms with Crippen molar-refractivity contribution in [1.82, 2.24) is 0 Å². The van der Waals surface area contributed by atoms with Crippen molar-refractivity contribution in [3.63, 3.8) is 0 Å². The molecule has 0 spiro atoms. The van der Waals surface area contributed by atoms with Crippen LogP contribution in [0.15, 0.2) is 42.5 Å². The van der Waals surface area contributed by atoms with Crippen molar-refractivity contribution >= 4 is 18.4 Å². The first-order chi connectivity index (χ1) is 16.1. The molecule has 0 aliphatic heterocycles. The van der Waals surface area contributed by atoms with Gasteiger partial charge in [0.1, 0.15) is 0 Å². The Hall–Kier alpha value is -2.01. The van der Waals surface area contributed by atoms with Crippen molar-refractivity contribution < 1.29 is 23.7 Å². The quantitative estimate of drug-likeness (QED) is 0.446. The van der Waals surface area contributed by atoms with E-state index in [-0.39, 0.29) is 6.10 Å². The maximum absolute atomic E-state index is 14.7. The maximum Gasteiger partial charge on any atom is 0.264 e. The predicted octanol–water partition coefficient (Wildman–Crippen LogP) is 5.84. The van der Waals surface area contributed by atoms with Crippen LogP contribution in [0.5, 0.6) is 11.5 Å². The summed E-state index contributed by atoms with van der Waals surface area (Å²) in [5.41, 5.74) is 1.46. The van der Waals surface area contributed by atoms with Crippen LogP contribution >= 0.6 is 7.37 Å². The molecule has 0 aromatic heterocycles. The smallest absolute Gasteiger partial charge is 0.264 e. The third-order valence-corrected chi connectivity index (χ3v) is 9.55. The van der Waals surface area contributed by atoms with Gasteiger partial charge in [-0.15, -0.1) is 0 Å². The number of hydrogen-bond donors (Lipinski definition) is 1. The highest BCUT2D eigenvalue weighted by molar-refractivity contribution is 7.67. The second-order valence-corrected chi connectivity index (χ2v) is 12.4. The Morgan fingerprint density at radius 2 is 1.65 bits per heavy atom.